The van der Waals surface area contributed by atoms with E-state index < -0.39 is 7.82 Å². The van der Waals surface area contributed by atoms with Gasteiger partial charge in [-0.1, -0.05) is 18.2 Å². The maximum absolute atomic E-state index is 11.1. The normalized spacial score (nSPS) is 10.6. The molecule has 11 heteroatoms. The van der Waals surface area contributed by atoms with Crippen molar-refractivity contribution in [3.05, 3.63) is 41.5 Å². The quantitative estimate of drug-likeness (QED) is 0.365. The summed E-state index contributed by atoms with van der Waals surface area (Å²) < 4.78 is 36.8. The first kappa shape index (κ1) is 28.3. The van der Waals surface area contributed by atoms with E-state index in [0.29, 0.717) is 22.8 Å². The van der Waals surface area contributed by atoms with Gasteiger partial charge in [0, 0.05) is 59.1 Å². The summed E-state index contributed by atoms with van der Waals surface area (Å²) >= 11 is 0. The summed E-state index contributed by atoms with van der Waals surface area (Å²) in [6, 6.07) is 8.29. The Kier molecular flexibility index (Phi) is 12.6. The molecule has 2 rings (SSSR count). The maximum Gasteiger partial charge on any atom is 0.524 e. The summed E-state index contributed by atoms with van der Waals surface area (Å²) in [6.07, 6.45) is 3.53. The third-order valence-corrected chi connectivity index (χ3v) is 3.99. The van der Waals surface area contributed by atoms with Gasteiger partial charge in [0.05, 0.1) is 28.4 Å². The molecule has 0 aliphatic rings. The Morgan fingerprint density at radius 2 is 1.21 bits per heavy atom. The fourth-order valence-corrected chi connectivity index (χ4v) is 2.79. The minimum atomic E-state index is -4.71. The van der Waals surface area contributed by atoms with Crippen LogP contribution in [0.25, 0.3) is 12.2 Å². The van der Waals surface area contributed by atoms with Gasteiger partial charge in [0.15, 0.2) is 23.0 Å². The van der Waals surface area contributed by atoms with Crippen LogP contribution in [0.15, 0.2) is 30.3 Å². The first-order valence-electron chi connectivity index (χ1n) is 7.72. The fourth-order valence-electron chi connectivity index (χ4n) is 2.39. The average molecular weight is 442 g/mol. The molecule has 0 atom stereocenters. The van der Waals surface area contributed by atoms with E-state index in [9.17, 15) is 4.57 Å². The number of benzene rings is 2. The van der Waals surface area contributed by atoms with Crippen LogP contribution in [0.5, 0.6) is 28.7 Å². The summed E-state index contributed by atoms with van der Waals surface area (Å²) in [4.78, 5) is 18.1. The number of ether oxygens (including phenoxy) is 4. The molecule has 0 saturated carbocycles. The summed E-state index contributed by atoms with van der Waals surface area (Å²) in [5.74, 6) is 1.66. The molecule has 0 unspecified atom stereocenters. The minimum absolute atomic E-state index is 0. The van der Waals surface area contributed by atoms with Crippen molar-refractivity contribution in [2.45, 2.75) is 0 Å². The maximum atomic E-state index is 11.1. The van der Waals surface area contributed by atoms with Crippen molar-refractivity contribution in [3.63, 3.8) is 0 Å². The van der Waals surface area contributed by atoms with Crippen LogP contribution >= 0.6 is 7.82 Å². The molecule has 0 spiro atoms. The molecule has 0 saturated heterocycles. The smallest absolute Gasteiger partial charge is 0.493 e. The Bertz CT molecular complexity index is 857. The van der Waals surface area contributed by atoms with Gasteiger partial charge >= 0.3 is 7.82 Å². The van der Waals surface area contributed by atoms with Gasteiger partial charge < -0.3 is 23.5 Å². The summed E-state index contributed by atoms with van der Waals surface area (Å²) in [6.45, 7) is 0. The van der Waals surface area contributed by atoms with Gasteiger partial charge in [-0.05, 0) is 35.4 Å². The van der Waals surface area contributed by atoms with E-state index in [-0.39, 0.29) is 70.6 Å². The third kappa shape index (κ3) is 8.17. The first-order valence-corrected chi connectivity index (χ1v) is 9.25. The van der Waals surface area contributed by atoms with E-state index in [2.05, 4.69) is 4.52 Å². The van der Waals surface area contributed by atoms with Crippen LogP contribution in [0, 0.1) is 0 Å². The van der Waals surface area contributed by atoms with Crippen LogP contribution in [-0.4, -0.2) is 97.3 Å². The Labute approximate surface area is 214 Å². The van der Waals surface area contributed by atoms with Crippen LogP contribution in [0.3, 0.4) is 0 Å². The van der Waals surface area contributed by atoms with Crippen LogP contribution in [-0.2, 0) is 4.57 Å². The molecule has 0 aliphatic heterocycles. The monoisotopic (exact) mass is 442 g/mol. The molecule has 0 amide bonds. The van der Waals surface area contributed by atoms with Crippen molar-refractivity contribution in [2.75, 3.05) is 28.4 Å². The first-order chi connectivity index (χ1) is 12.8. The molecule has 0 aliphatic carbocycles. The number of rotatable bonds is 8. The molecule has 8 nitrogen and oxygen atoms in total. The Morgan fingerprint density at radius 1 is 0.724 bits per heavy atom. The van der Waals surface area contributed by atoms with Crippen molar-refractivity contribution < 1.29 is 37.8 Å². The van der Waals surface area contributed by atoms with E-state index in [1.807, 2.05) is 0 Å². The molecule has 0 aromatic heterocycles. The number of hydrogen-bond acceptors (Lipinski definition) is 6. The Balaban J connectivity index is 0.00000392. The van der Waals surface area contributed by atoms with Crippen LogP contribution in [0.2, 0.25) is 0 Å². The molecular weight excluding hydrogens is 421 g/mol. The van der Waals surface area contributed by atoms with Crippen molar-refractivity contribution in [1.82, 2.24) is 0 Å². The third-order valence-electron chi connectivity index (χ3n) is 3.56. The topological polar surface area (TPSA) is 104 Å². The zero-order valence-electron chi connectivity index (χ0n) is 17.3. The molecule has 0 heterocycles. The summed E-state index contributed by atoms with van der Waals surface area (Å²) in [5, 5.41) is 0. The molecule has 2 N–H and O–H groups in total. The number of phosphoric acid groups is 1. The standard InChI is InChI=1S/C18H21O8P.2Na/c1-22-14-8-7-12(9-15(14)26-27(19,20)21)5-6-13-10-16(23-2)18(25-4)17(11-13)24-3;;/h5-11H,1-4H3,(H2,19,20,21);;/b6-5-;;. The molecule has 2 aromatic carbocycles. The summed E-state index contributed by atoms with van der Waals surface area (Å²) in [5.41, 5.74) is 1.42. The van der Waals surface area contributed by atoms with Crippen LogP contribution in [0.1, 0.15) is 11.1 Å². The van der Waals surface area contributed by atoms with Gasteiger partial charge in [0.1, 0.15) is 0 Å². The minimum Gasteiger partial charge on any atom is -0.493 e. The Morgan fingerprint density at radius 3 is 1.66 bits per heavy atom. The second-order valence-electron chi connectivity index (χ2n) is 5.28. The van der Waals surface area contributed by atoms with Crippen LogP contribution < -0.4 is 23.5 Å². The predicted molar refractivity (Wildman–Crippen MR) is 112 cm³/mol. The molecule has 2 aromatic rings. The van der Waals surface area contributed by atoms with Gasteiger partial charge in [-0.25, -0.2) is 4.57 Å². The van der Waals surface area contributed by atoms with E-state index in [0.717, 1.165) is 5.56 Å². The zero-order valence-corrected chi connectivity index (χ0v) is 22.2. The van der Waals surface area contributed by atoms with E-state index >= 15 is 0 Å². The molecule has 148 valence electrons. The summed E-state index contributed by atoms with van der Waals surface area (Å²) in [7, 11) is 1.26. The fraction of sp³-hybridized carbons (Fsp3) is 0.222. The van der Waals surface area contributed by atoms with Crippen molar-refractivity contribution in [1.29, 1.82) is 0 Å². The zero-order chi connectivity index (χ0) is 20.0. The van der Waals surface area contributed by atoms with Gasteiger partial charge in [0.2, 0.25) is 5.75 Å². The van der Waals surface area contributed by atoms with E-state index in [1.54, 1.807) is 36.4 Å². The van der Waals surface area contributed by atoms with Gasteiger partial charge in [-0.2, -0.15) is 0 Å². The number of hydrogen-bond donors (Lipinski definition) is 2. The van der Waals surface area contributed by atoms with E-state index in [1.165, 1.54) is 34.5 Å². The van der Waals surface area contributed by atoms with Crippen molar-refractivity contribution in [3.8, 4) is 28.7 Å². The van der Waals surface area contributed by atoms with Crippen molar-refractivity contribution >= 4 is 79.1 Å². The number of phosphoric ester groups is 1. The second kappa shape index (κ2) is 12.9. The second-order valence-corrected chi connectivity index (χ2v) is 6.45. The van der Waals surface area contributed by atoms with Gasteiger partial charge in [-0.15, -0.1) is 0 Å². The molecule has 0 fully saturated rings. The molecule has 0 bridgehead atoms. The van der Waals surface area contributed by atoms with Gasteiger partial charge in [0.25, 0.3) is 0 Å². The number of methoxy groups -OCH3 is 4. The predicted octanol–water partition coefficient (Wildman–Crippen LogP) is 2.60. The molecule has 2 radical (unpaired) electrons. The van der Waals surface area contributed by atoms with E-state index in [4.69, 9.17) is 28.7 Å². The van der Waals surface area contributed by atoms with Crippen LogP contribution in [0.4, 0.5) is 0 Å². The molecule has 29 heavy (non-hydrogen) atoms. The average Bonchev–Trinajstić information content (AvgIpc) is 2.64. The molecular formula is C18H21Na2O8P. The van der Waals surface area contributed by atoms with Crippen molar-refractivity contribution in [2.24, 2.45) is 0 Å². The largest absolute Gasteiger partial charge is 0.524 e. The SMILES string of the molecule is COc1ccc(/C=C\c2cc(OC)c(OC)c(OC)c2)cc1OP(=O)(O)O.[Na].[Na]. The Hall–Kier alpha value is -0.670. The van der Waals surface area contributed by atoms with Gasteiger partial charge in [-0.3, -0.25) is 9.79 Å².